The number of phosphoric ester groups is 1. The van der Waals surface area contributed by atoms with Crippen LogP contribution in [0.1, 0.15) is 62.2 Å². The highest BCUT2D eigenvalue weighted by molar-refractivity contribution is 7.48. The maximum absolute atomic E-state index is 13.4. The van der Waals surface area contributed by atoms with Crippen molar-refractivity contribution in [1.82, 2.24) is 4.57 Å². The molecule has 0 spiro atoms. The molecule has 0 bridgehead atoms. The first-order valence-corrected chi connectivity index (χ1v) is 15.2. The molecule has 1 aromatic heterocycles. The molecule has 0 radical (unpaired) electrons. The van der Waals surface area contributed by atoms with Crippen LogP contribution in [0.15, 0.2) is 42.5 Å². The minimum atomic E-state index is -3.55. The Kier molecular flexibility index (Phi) is 13.9. The Hall–Kier alpha value is -2.68. The fraction of sp³-hybridized carbons (Fsp3) is 0.448. The van der Waals surface area contributed by atoms with Gasteiger partial charge in [0.25, 0.3) is 5.91 Å². The van der Waals surface area contributed by atoms with Crippen LogP contribution in [-0.4, -0.2) is 50.0 Å². The Bertz CT molecular complexity index is 1300. The van der Waals surface area contributed by atoms with Crippen LogP contribution in [0.25, 0.3) is 10.9 Å². The number of rotatable bonds is 14. The molecule has 3 rings (SSSR count). The first-order valence-electron chi connectivity index (χ1n) is 13.4. The Balaban J connectivity index is 0.00000274. The smallest absolute Gasteiger partial charge is 0.474 e. The topological polar surface area (TPSA) is 102 Å². The molecule has 2 aromatic carbocycles. The largest absolute Gasteiger partial charge is 0.497 e. The van der Waals surface area contributed by atoms with E-state index in [0.29, 0.717) is 46.0 Å². The van der Waals surface area contributed by atoms with E-state index in [2.05, 4.69) is 0 Å². The number of ether oxygens (including phenoxy) is 2. The summed E-state index contributed by atoms with van der Waals surface area (Å²) in [5, 5.41) is 1.27. The molecular formula is C29H39ClNO8P. The molecule has 0 aliphatic carbocycles. The van der Waals surface area contributed by atoms with Crippen LogP contribution in [-0.2, 0) is 34.1 Å². The number of carbonyl (C=O) groups is 2. The van der Waals surface area contributed by atoms with Crippen molar-refractivity contribution < 1.29 is 37.2 Å². The third kappa shape index (κ3) is 8.91. The van der Waals surface area contributed by atoms with Crippen LogP contribution in [0.3, 0.4) is 0 Å². The van der Waals surface area contributed by atoms with Crippen molar-refractivity contribution in [3.63, 3.8) is 0 Å². The molecule has 0 aliphatic heterocycles. The number of nitrogens with zero attached hydrogens (tertiary/aromatic N) is 1. The summed E-state index contributed by atoms with van der Waals surface area (Å²) in [5.74, 6) is -0.0471. The Morgan fingerprint density at radius 2 is 1.55 bits per heavy atom. The normalized spacial score (nSPS) is 11.2. The minimum absolute atomic E-state index is 0.0171. The monoisotopic (exact) mass is 595 g/mol. The van der Waals surface area contributed by atoms with Gasteiger partial charge in [-0.15, -0.1) is 0 Å². The van der Waals surface area contributed by atoms with Crippen molar-refractivity contribution in [3.8, 4) is 5.75 Å². The Labute approximate surface area is 241 Å². The molecule has 0 atom stereocenters. The number of esters is 1. The van der Waals surface area contributed by atoms with E-state index in [1.165, 1.54) is 0 Å². The summed E-state index contributed by atoms with van der Waals surface area (Å²) in [6.07, 6.45) is 0.993. The van der Waals surface area contributed by atoms with Gasteiger partial charge in [0.05, 0.1) is 45.5 Å². The SMILES string of the molecule is CC.CCOP(=O)(OCC)OCCCCOC(=O)Cc1c(C)n(C(=O)c2ccc(Cl)cc2)c2ccc(OC)cc12. The second kappa shape index (κ2) is 16.6. The summed E-state index contributed by atoms with van der Waals surface area (Å²) in [7, 11) is -2.00. The van der Waals surface area contributed by atoms with Crippen LogP contribution >= 0.6 is 19.4 Å². The zero-order chi connectivity index (χ0) is 29.7. The molecule has 0 aliphatic rings. The minimum Gasteiger partial charge on any atom is -0.497 e. The molecular weight excluding hydrogens is 557 g/mol. The molecule has 0 saturated heterocycles. The van der Waals surface area contributed by atoms with Gasteiger partial charge < -0.3 is 9.47 Å². The molecule has 0 N–H and O–H groups in total. The second-order valence-electron chi connectivity index (χ2n) is 8.31. The Morgan fingerprint density at radius 3 is 2.15 bits per heavy atom. The molecule has 11 heteroatoms. The molecule has 0 amide bonds. The van der Waals surface area contributed by atoms with Gasteiger partial charge in [0, 0.05) is 21.7 Å². The predicted molar refractivity (Wildman–Crippen MR) is 156 cm³/mol. The van der Waals surface area contributed by atoms with Crippen LogP contribution in [0.4, 0.5) is 0 Å². The van der Waals surface area contributed by atoms with Crippen LogP contribution < -0.4 is 4.74 Å². The summed E-state index contributed by atoms with van der Waals surface area (Å²) in [6.45, 7) is 9.95. The third-order valence-corrected chi connectivity index (χ3v) is 7.68. The molecule has 40 heavy (non-hydrogen) atoms. The van der Waals surface area contributed by atoms with Gasteiger partial charge >= 0.3 is 13.8 Å². The summed E-state index contributed by atoms with van der Waals surface area (Å²) in [4.78, 5) is 26.1. The molecule has 9 nitrogen and oxygen atoms in total. The van der Waals surface area contributed by atoms with Gasteiger partial charge in [-0.2, -0.15) is 0 Å². The highest BCUT2D eigenvalue weighted by Crippen LogP contribution is 2.49. The van der Waals surface area contributed by atoms with Crippen LogP contribution in [0, 0.1) is 6.92 Å². The van der Waals surface area contributed by atoms with Crippen molar-refractivity contribution in [2.75, 3.05) is 33.5 Å². The van der Waals surface area contributed by atoms with Gasteiger partial charge in [0.1, 0.15) is 5.75 Å². The summed E-state index contributed by atoms with van der Waals surface area (Å²) >= 11 is 5.98. The average Bonchev–Trinajstić information content (AvgIpc) is 3.22. The van der Waals surface area contributed by atoms with E-state index in [1.54, 1.807) is 68.8 Å². The van der Waals surface area contributed by atoms with E-state index in [1.807, 2.05) is 19.9 Å². The van der Waals surface area contributed by atoms with Crippen molar-refractivity contribution in [3.05, 3.63) is 64.3 Å². The summed E-state index contributed by atoms with van der Waals surface area (Å²) in [6, 6.07) is 12.0. The maximum atomic E-state index is 13.4. The van der Waals surface area contributed by atoms with E-state index >= 15 is 0 Å². The van der Waals surface area contributed by atoms with Crippen LogP contribution in [0.2, 0.25) is 5.02 Å². The second-order valence-corrected chi connectivity index (χ2v) is 10.4. The van der Waals surface area contributed by atoms with Crippen LogP contribution in [0.5, 0.6) is 5.75 Å². The summed E-state index contributed by atoms with van der Waals surface area (Å²) < 4.78 is 40.1. The van der Waals surface area contributed by atoms with E-state index in [9.17, 15) is 14.2 Å². The fourth-order valence-electron chi connectivity index (χ4n) is 3.99. The van der Waals surface area contributed by atoms with E-state index in [0.717, 1.165) is 5.39 Å². The van der Waals surface area contributed by atoms with Crippen molar-refractivity contribution in [1.29, 1.82) is 0 Å². The lowest BCUT2D eigenvalue weighted by molar-refractivity contribution is -0.143. The van der Waals surface area contributed by atoms with Crippen molar-refractivity contribution >= 4 is 42.2 Å². The van der Waals surface area contributed by atoms with Gasteiger partial charge in [0.15, 0.2) is 0 Å². The first-order chi connectivity index (χ1) is 19.2. The number of phosphoric acid groups is 1. The van der Waals surface area contributed by atoms with Gasteiger partial charge in [-0.05, 0) is 81.6 Å². The number of hydrogen-bond acceptors (Lipinski definition) is 8. The Morgan fingerprint density at radius 1 is 0.925 bits per heavy atom. The third-order valence-electron chi connectivity index (χ3n) is 5.78. The predicted octanol–water partition coefficient (Wildman–Crippen LogP) is 7.39. The number of aromatic nitrogens is 1. The van der Waals surface area contributed by atoms with Gasteiger partial charge in [-0.25, -0.2) is 4.57 Å². The molecule has 220 valence electrons. The average molecular weight is 596 g/mol. The van der Waals surface area contributed by atoms with Crippen molar-refractivity contribution in [2.45, 2.75) is 53.9 Å². The lowest BCUT2D eigenvalue weighted by Crippen LogP contribution is -2.15. The summed E-state index contributed by atoms with van der Waals surface area (Å²) in [5.41, 5.74) is 2.46. The number of fused-ring (bicyclic) bond motifs is 1. The van der Waals surface area contributed by atoms with Gasteiger partial charge in [-0.3, -0.25) is 27.7 Å². The van der Waals surface area contributed by atoms with E-state index < -0.39 is 13.8 Å². The highest BCUT2D eigenvalue weighted by atomic mass is 35.5. The first kappa shape index (κ1) is 33.5. The van der Waals surface area contributed by atoms with E-state index in [-0.39, 0.29) is 38.8 Å². The lowest BCUT2D eigenvalue weighted by atomic mass is 10.1. The molecule has 0 saturated carbocycles. The maximum Gasteiger partial charge on any atom is 0.474 e. The molecule has 0 fully saturated rings. The van der Waals surface area contributed by atoms with Gasteiger partial charge in [0.2, 0.25) is 0 Å². The quantitative estimate of drug-likeness (QED) is 0.108. The zero-order valence-electron chi connectivity index (χ0n) is 24.0. The number of benzene rings is 2. The molecule has 0 unspecified atom stereocenters. The van der Waals surface area contributed by atoms with Crippen molar-refractivity contribution in [2.24, 2.45) is 0 Å². The van der Waals surface area contributed by atoms with Gasteiger partial charge in [-0.1, -0.05) is 25.4 Å². The number of methoxy groups -OCH3 is 1. The highest BCUT2D eigenvalue weighted by Gasteiger charge is 2.25. The number of hydrogen-bond donors (Lipinski definition) is 0. The fourth-order valence-corrected chi connectivity index (χ4v) is 5.32. The molecule has 3 aromatic rings. The number of carbonyl (C=O) groups excluding carboxylic acids is 2. The zero-order valence-corrected chi connectivity index (χ0v) is 25.7. The number of halogens is 1. The molecule has 1 heterocycles. The standard InChI is InChI=1S/C27H33ClNO8P.C2H6/c1-5-35-38(32,36-6-2)37-16-8-7-15-34-26(30)18-23-19(3)29(25-14-13-22(33-4)17-24(23)25)27(31)20-9-11-21(28)12-10-20;1-2/h9-14,17H,5-8,15-16,18H2,1-4H3;1-2H3. The van der Waals surface area contributed by atoms with E-state index in [4.69, 9.17) is 34.6 Å². The number of unbranched alkanes of at least 4 members (excludes halogenated alkanes) is 1. The lowest BCUT2D eigenvalue weighted by Gasteiger charge is -2.16.